The van der Waals surface area contributed by atoms with Crippen molar-refractivity contribution in [3.8, 4) is 11.5 Å². The molecule has 5 nitrogen and oxygen atoms in total. The van der Waals surface area contributed by atoms with Crippen LogP contribution in [0.3, 0.4) is 0 Å². The fraction of sp³-hybridized carbons (Fsp3) is 0.300. The lowest BCUT2D eigenvalue weighted by Gasteiger charge is -2.13. The molecule has 0 bridgehead atoms. The molecule has 82 valence electrons. The molecule has 15 heavy (non-hydrogen) atoms. The van der Waals surface area contributed by atoms with Crippen LogP contribution < -0.4 is 9.62 Å². The number of hydrogen-bond donors (Lipinski definition) is 2. The van der Waals surface area contributed by atoms with Gasteiger partial charge in [0.1, 0.15) is 5.75 Å². The molecule has 1 rings (SSSR count). The first kappa shape index (κ1) is 11.3. The first-order chi connectivity index (χ1) is 7.06. The highest BCUT2D eigenvalue weighted by molar-refractivity contribution is 5.63. The quantitative estimate of drug-likeness (QED) is 0.348. The third-order valence-electron chi connectivity index (χ3n) is 1.90. The van der Waals surface area contributed by atoms with Gasteiger partial charge in [0.05, 0.1) is 0 Å². The highest BCUT2D eigenvalue weighted by atomic mass is 17.1. The number of rotatable bonds is 3. The number of carboxylic acid groups (broad SMARTS) is 1. The summed E-state index contributed by atoms with van der Waals surface area (Å²) in [6, 6.07) is 4.58. The molecule has 5 heteroatoms. The Morgan fingerprint density at radius 3 is 2.40 bits per heavy atom. The highest BCUT2D eigenvalue weighted by Gasteiger charge is 2.16. The third-order valence-corrected chi connectivity index (χ3v) is 1.90. The molecule has 0 aromatic heterocycles. The summed E-state index contributed by atoms with van der Waals surface area (Å²) in [5.41, 5.74) is 0.516. The van der Waals surface area contributed by atoms with Gasteiger partial charge < -0.3 is 14.7 Å². The van der Waals surface area contributed by atoms with Crippen molar-refractivity contribution in [3.05, 3.63) is 23.8 Å². The van der Waals surface area contributed by atoms with Crippen molar-refractivity contribution in [2.24, 2.45) is 0 Å². The van der Waals surface area contributed by atoms with Gasteiger partial charge in [0.15, 0.2) is 5.75 Å². The van der Waals surface area contributed by atoms with Crippen LogP contribution in [-0.2, 0) is 0 Å². The Hall–Kier alpha value is -1.75. The molecule has 0 heterocycles. The van der Waals surface area contributed by atoms with Gasteiger partial charge in [-0.15, -0.1) is 0 Å². The summed E-state index contributed by atoms with van der Waals surface area (Å²) in [7, 11) is 0. The summed E-state index contributed by atoms with van der Waals surface area (Å²) in [6.07, 6.45) is -1.40. The average molecular weight is 212 g/mol. The fourth-order valence-electron chi connectivity index (χ4n) is 1.36. The number of benzene rings is 1. The van der Waals surface area contributed by atoms with E-state index in [1.807, 2.05) is 13.8 Å². The van der Waals surface area contributed by atoms with Gasteiger partial charge in [0.25, 0.3) is 0 Å². The van der Waals surface area contributed by atoms with Crippen LogP contribution in [0.15, 0.2) is 18.2 Å². The molecule has 0 aliphatic rings. The largest absolute Gasteiger partial charge is 0.511 e. The van der Waals surface area contributed by atoms with Crippen LogP contribution in [0.25, 0.3) is 0 Å². The van der Waals surface area contributed by atoms with Crippen LogP contribution >= 0.6 is 0 Å². The zero-order valence-electron chi connectivity index (χ0n) is 8.43. The summed E-state index contributed by atoms with van der Waals surface area (Å²) in [4.78, 5) is 14.6. The summed E-state index contributed by atoms with van der Waals surface area (Å²) in [5.74, 6) is 0.343. The van der Waals surface area contributed by atoms with E-state index in [4.69, 9.17) is 10.4 Å². The van der Waals surface area contributed by atoms with Gasteiger partial charge in [-0.25, -0.2) is 10.1 Å². The second-order valence-corrected chi connectivity index (χ2v) is 3.28. The van der Waals surface area contributed by atoms with E-state index in [1.165, 1.54) is 18.2 Å². The van der Waals surface area contributed by atoms with Gasteiger partial charge in [-0.3, -0.25) is 0 Å². The van der Waals surface area contributed by atoms with Crippen molar-refractivity contribution >= 4 is 6.16 Å². The van der Waals surface area contributed by atoms with Crippen LogP contribution in [-0.4, -0.2) is 16.5 Å². The van der Waals surface area contributed by atoms with E-state index >= 15 is 0 Å². The van der Waals surface area contributed by atoms with Gasteiger partial charge >= 0.3 is 6.16 Å². The normalized spacial score (nSPS) is 10.1. The third kappa shape index (κ3) is 2.60. The predicted octanol–water partition coefficient (Wildman–Crippen LogP) is 2.72. The van der Waals surface area contributed by atoms with Crippen molar-refractivity contribution in [2.45, 2.75) is 19.8 Å². The van der Waals surface area contributed by atoms with E-state index < -0.39 is 6.16 Å². The summed E-state index contributed by atoms with van der Waals surface area (Å²) in [6.45, 7) is 3.68. The van der Waals surface area contributed by atoms with Gasteiger partial charge in [0.2, 0.25) is 0 Å². The molecular weight excluding hydrogens is 200 g/mol. The Kier molecular flexibility index (Phi) is 3.51. The standard InChI is InChI=1S/C10H12O5/c1-6(2)9-7(14-10(11)12)4-3-5-8(9)15-13/h3-6,13H,1-2H3,(H,11,12). The molecule has 0 aliphatic carbocycles. The minimum absolute atomic E-state index is 0.0253. The van der Waals surface area contributed by atoms with E-state index in [9.17, 15) is 4.79 Å². The van der Waals surface area contributed by atoms with E-state index in [0.29, 0.717) is 5.56 Å². The van der Waals surface area contributed by atoms with E-state index in [1.54, 1.807) is 0 Å². The molecule has 0 fully saturated rings. The van der Waals surface area contributed by atoms with E-state index in [2.05, 4.69) is 9.62 Å². The Morgan fingerprint density at radius 1 is 1.33 bits per heavy atom. The average Bonchev–Trinajstić information content (AvgIpc) is 2.15. The summed E-state index contributed by atoms with van der Waals surface area (Å²) >= 11 is 0. The van der Waals surface area contributed by atoms with Crippen LogP contribution in [0, 0.1) is 0 Å². The van der Waals surface area contributed by atoms with Crippen molar-refractivity contribution in [1.82, 2.24) is 0 Å². The lowest BCUT2D eigenvalue weighted by atomic mass is 10.0. The van der Waals surface area contributed by atoms with Crippen LogP contribution in [0.2, 0.25) is 0 Å². The lowest BCUT2D eigenvalue weighted by Crippen LogP contribution is -2.07. The molecule has 0 saturated heterocycles. The van der Waals surface area contributed by atoms with Crippen LogP contribution in [0.4, 0.5) is 4.79 Å². The molecule has 0 radical (unpaired) electrons. The SMILES string of the molecule is CC(C)c1c(OO)cccc1OC(=O)O. The molecular formula is C10H12O5. The summed E-state index contributed by atoms with van der Waals surface area (Å²) < 4.78 is 4.57. The lowest BCUT2D eigenvalue weighted by molar-refractivity contribution is -0.138. The Morgan fingerprint density at radius 2 is 1.93 bits per heavy atom. The highest BCUT2D eigenvalue weighted by Crippen LogP contribution is 2.34. The van der Waals surface area contributed by atoms with Crippen molar-refractivity contribution in [3.63, 3.8) is 0 Å². The van der Waals surface area contributed by atoms with E-state index in [-0.39, 0.29) is 17.4 Å². The summed E-state index contributed by atoms with van der Waals surface area (Å²) in [5, 5.41) is 17.1. The number of ether oxygens (including phenoxy) is 1. The number of hydrogen-bond acceptors (Lipinski definition) is 4. The topological polar surface area (TPSA) is 76.0 Å². The van der Waals surface area contributed by atoms with Crippen molar-refractivity contribution in [2.75, 3.05) is 0 Å². The molecule has 1 aromatic rings. The van der Waals surface area contributed by atoms with Crippen LogP contribution in [0.5, 0.6) is 11.5 Å². The van der Waals surface area contributed by atoms with Crippen molar-refractivity contribution < 1.29 is 24.8 Å². The maximum absolute atomic E-state index is 10.4. The maximum atomic E-state index is 10.4. The van der Waals surface area contributed by atoms with Gasteiger partial charge in [-0.1, -0.05) is 19.9 Å². The molecule has 0 unspecified atom stereocenters. The molecule has 0 atom stereocenters. The fourth-order valence-corrected chi connectivity index (χ4v) is 1.36. The molecule has 0 aliphatic heterocycles. The minimum atomic E-state index is -1.40. The Labute approximate surface area is 86.8 Å². The number of carbonyl (C=O) groups is 1. The second-order valence-electron chi connectivity index (χ2n) is 3.28. The zero-order valence-corrected chi connectivity index (χ0v) is 8.43. The van der Waals surface area contributed by atoms with Crippen molar-refractivity contribution in [1.29, 1.82) is 0 Å². The predicted molar refractivity (Wildman–Crippen MR) is 52.4 cm³/mol. The first-order valence-corrected chi connectivity index (χ1v) is 4.41. The van der Waals surface area contributed by atoms with Gasteiger partial charge in [-0.2, -0.15) is 0 Å². The minimum Gasteiger partial charge on any atom is -0.449 e. The zero-order chi connectivity index (χ0) is 11.4. The second kappa shape index (κ2) is 4.65. The van der Waals surface area contributed by atoms with E-state index in [0.717, 1.165) is 0 Å². The molecule has 2 N–H and O–H groups in total. The van der Waals surface area contributed by atoms with Gasteiger partial charge in [-0.05, 0) is 18.1 Å². The van der Waals surface area contributed by atoms with Gasteiger partial charge in [0, 0.05) is 5.56 Å². The first-order valence-electron chi connectivity index (χ1n) is 4.41. The molecule has 1 aromatic carbocycles. The smallest absolute Gasteiger partial charge is 0.449 e. The Bertz CT molecular complexity index is 359. The Balaban J connectivity index is 3.19. The van der Waals surface area contributed by atoms with Crippen LogP contribution in [0.1, 0.15) is 25.3 Å². The monoisotopic (exact) mass is 212 g/mol. The molecule has 0 saturated carbocycles. The maximum Gasteiger partial charge on any atom is 0.511 e. The molecule has 0 spiro atoms. The molecule has 0 amide bonds.